The number of methoxy groups -OCH3 is 1. The molecule has 0 heterocycles. The molecule has 0 fully saturated rings. The highest BCUT2D eigenvalue weighted by atomic mass is 16.5. The predicted octanol–water partition coefficient (Wildman–Crippen LogP) is 2.61. The van der Waals surface area contributed by atoms with Gasteiger partial charge in [-0.25, -0.2) is 0 Å². The maximum Gasteiger partial charge on any atom is 0.251 e. The highest BCUT2D eigenvalue weighted by Gasteiger charge is 2.23. The van der Waals surface area contributed by atoms with Gasteiger partial charge in [0.2, 0.25) is 11.8 Å². The minimum absolute atomic E-state index is 0.114. The van der Waals surface area contributed by atoms with Crippen LogP contribution in [0.5, 0.6) is 5.75 Å². The number of nitrogens with one attached hydrogen (secondary N) is 2. The van der Waals surface area contributed by atoms with Gasteiger partial charge in [0.15, 0.2) is 0 Å². The summed E-state index contributed by atoms with van der Waals surface area (Å²) in [6, 6.07) is 13.3. The van der Waals surface area contributed by atoms with E-state index in [2.05, 4.69) is 10.6 Å². The van der Waals surface area contributed by atoms with Crippen molar-refractivity contribution in [2.24, 2.45) is 0 Å². The summed E-state index contributed by atoms with van der Waals surface area (Å²) in [6.07, 6.45) is 0. The van der Waals surface area contributed by atoms with Gasteiger partial charge in [0.1, 0.15) is 11.8 Å². The van der Waals surface area contributed by atoms with Crippen LogP contribution in [-0.2, 0) is 9.59 Å². The van der Waals surface area contributed by atoms with Crippen LogP contribution in [0.15, 0.2) is 48.5 Å². The lowest BCUT2D eigenvalue weighted by atomic mass is 10.1. The Balaban J connectivity index is 1.95. The molecule has 0 saturated heterocycles. The van der Waals surface area contributed by atoms with Crippen LogP contribution in [0.4, 0.5) is 5.69 Å². The number of hydrogen-bond donors (Lipinski definition) is 2. The maximum absolute atomic E-state index is 12.7. The highest BCUT2D eigenvalue weighted by molar-refractivity contribution is 5.99. The van der Waals surface area contributed by atoms with E-state index in [1.54, 1.807) is 63.4 Å². The minimum Gasteiger partial charge on any atom is -0.497 e. The molecule has 154 valence electrons. The maximum atomic E-state index is 12.7. The zero-order valence-electron chi connectivity index (χ0n) is 17.2. The lowest BCUT2D eigenvalue weighted by Gasteiger charge is -2.24. The molecular weight excluding hydrogens is 370 g/mol. The minimum atomic E-state index is -0.757. The summed E-state index contributed by atoms with van der Waals surface area (Å²) in [5.41, 5.74) is 2.03. The normalized spacial score (nSPS) is 11.3. The molecule has 2 rings (SSSR count). The van der Waals surface area contributed by atoms with Crippen molar-refractivity contribution in [3.05, 3.63) is 59.7 Å². The number of rotatable bonds is 8. The van der Waals surface area contributed by atoms with Gasteiger partial charge in [-0.1, -0.05) is 23.8 Å². The second kappa shape index (κ2) is 10.3. The second-order valence-electron chi connectivity index (χ2n) is 6.70. The number of benzene rings is 2. The third-order valence-corrected chi connectivity index (χ3v) is 4.38. The molecule has 7 heteroatoms. The number of amides is 3. The molecule has 0 radical (unpaired) electrons. The number of ether oxygens (including phenoxy) is 1. The van der Waals surface area contributed by atoms with E-state index in [9.17, 15) is 14.4 Å². The van der Waals surface area contributed by atoms with Gasteiger partial charge >= 0.3 is 0 Å². The molecule has 0 aliphatic rings. The first-order chi connectivity index (χ1) is 13.8. The van der Waals surface area contributed by atoms with Crippen LogP contribution in [0.25, 0.3) is 0 Å². The Morgan fingerprint density at radius 2 is 1.83 bits per heavy atom. The first kappa shape index (κ1) is 21.9. The van der Waals surface area contributed by atoms with E-state index in [4.69, 9.17) is 4.74 Å². The first-order valence-electron chi connectivity index (χ1n) is 9.44. The number of likely N-dealkylation sites (N-methyl/N-ethyl adjacent to an activating group) is 1. The Bertz CT molecular complexity index is 882. The molecule has 0 aromatic heterocycles. The smallest absolute Gasteiger partial charge is 0.251 e. The van der Waals surface area contributed by atoms with Crippen molar-refractivity contribution in [2.75, 3.05) is 25.5 Å². The lowest BCUT2D eigenvalue weighted by molar-refractivity contribution is -0.135. The van der Waals surface area contributed by atoms with Gasteiger partial charge in [-0.15, -0.1) is 0 Å². The fourth-order valence-electron chi connectivity index (χ4n) is 2.82. The summed E-state index contributed by atoms with van der Waals surface area (Å²) in [5, 5.41) is 5.45. The van der Waals surface area contributed by atoms with Crippen LogP contribution in [0.1, 0.15) is 29.8 Å². The second-order valence-corrected chi connectivity index (χ2v) is 6.70. The topological polar surface area (TPSA) is 87.7 Å². The fourth-order valence-corrected chi connectivity index (χ4v) is 2.82. The average Bonchev–Trinajstić information content (AvgIpc) is 2.71. The number of carbonyl (C=O) groups is 3. The molecule has 0 saturated carbocycles. The van der Waals surface area contributed by atoms with E-state index >= 15 is 0 Å². The van der Waals surface area contributed by atoms with Crippen LogP contribution in [-0.4, -0.2) is 48.9 Å². The van der Waals surface area contributed by atoms with Gasteiger partial charge in [-0.2, -0.15) is 0 Å². The van der Waals surface area contributed by atoms with Crippen LogP contribution in [0.3, 0.4) is 0 Å². The highest BCUT2D eigenvalue weighted by Crippen LogP contribution is 2.16. The summed E-state index contributed by atoms with van der Waals surface area (Å²) in [7, 11) is 1.55. The average molecular weight is 397 g/mol. The molecule has 0 aliphatic heterocycles. The van der Waals surface area contributed by atoms with Crippen LogP contribution in [0.2, 0.25) is 0 Å². The number of anilines is 1. The molecule has 1 atom stereocenters. The van der Waals surface area contributed by atoms with E-state index in [1.807, 2.05) is 13.0 Å². The predicted molar refractivity (Wildman–Crippen MR) is 112 cm³/mol. The number of nitrogens with zero attached hydrogens (tertiary/aromatic N) is 1. The zero-order valence-corrected chi connectivity index (χ0v) is 17.2. The molecule has 29 heavy (non-hydrogen) atoms. The van der Waals surface area contributed by atoms with E-state index in [1.165, 1.54) is 4.90 Å². The molecule has 0 unspecified atom stereocenters. The van der Waals surface area contributed by atoms with E-state index < -0.39 is 6.04 Å². The van der Waals surface area contributed by atoms with Crippen molar-refractivity contribution >= 4 is 23.4 Å². The van der Waals surface area contributed by atoms with E-state index in [0.717, 1.165) is 5.56 Å². The Morgan fingerprint density at radius 3 is 2.48 bits per heavy atom. The Labute approximate surface area is 171 Å². The lowest BCUT2D eigenvalue weighted by Crippen LogP contribution is -2.49. The molecule has 0 bridgehead atoms. The van der Waals surface area contributed by atoms with Crippen LogP contribution >= 0.6 is 0 Å². The van der Waals surface area contributed by atoms with E-state index in [0.29, 0.717) is 23.5 Å². The molecule has 2 N–H and O–H groups in total. The summed E-state index contributed by atoms with van der Waals surface area (Å²) in [5.74, 6) is -0.356. The van der Waals surface area contributed by atoms with Crippen LogP contribution in [0, 0.1) is 6.92 Å². The first-order valence-corrected chi connectivity index (χ1v) is 9.44. The number of hydrogen-bond acceptors (Lipinski definition) is 4. The van der Waals surface area contributed by atoms with Crippen molar-refractivity contribution in [1.29, 1.82) is 0 Å². The number of carbonyl (C=O) groups excluding carboxylic acids is 3. The standard InChI is InChI=1S/C22H27N3O4/c1-5-25(14-20(26)24-18-10-7-11-19(13-18)29-4)22(28)16(3)23-21(27)17-9-6-8-15(2)12-17/h6-13,16H,5,14H2,1-4H3,(H,23,27)(H,24,26)/t16-/m1/s1. The third-order valence-electron chi connectivity index (χ3n) is 4.38. The molecular formula is C22H27N3O4. The SMILES string of the molecule is CCN(CC(=O)Nc1cccc(OC)c1)C(=O)[C@@H](C)NC(=O)c1cccc(C)c1. The third kappa shape index (κ3) is 6.34. The summed E-state index contributed by atoms with van der Waals surface area (Å²) < 4.78 is 5.13. The molecule has 0 aliphatic carbocycles. The summed E-state index contributed by atoms with van der Waals surface area (Å²) in [4.78, 5) is 38.8. The molecule has 0 spiro atoms. The van der Waals surface area contributed by atoms with Crippen molar-refractivity contribution in [3.63, 3.8) is 0 Å². The Kier molecular flexibility index (Phi) is 7.77. The van der Waals surface area contributed by atoms with Gasteiger partial charge in [-0.05, 0) is 45.0 Å². The molecule has 7 nitrogen and oxygen atoms in total. The summed E-state index contributed by atoms with van der Waals surface area (Å²) in [6.45, 7) is 5.52. The fraction of sp³-hybridized carbons (Fsp3) is 0.318. The van der Waals surface area contributed by atoms with Gasteiger partial charge in [0.25, 0.3) is 5.91 Å². The monoisotopic (exact) mass is 397 g/mol. The number of aryl methyl sites for hydroxylation is 1. The van der Waals surface area contributed by atoms with Crippen molar-refractivity contribution in [1.82, 2.24) is 10.2 Å². The van der Waals surface area contributed by atoms with E-state index in [-0.39, 0.29) is 24.3 Å². The van der Waals surface area contributed by atoms with Crippen LogP contribution < -0.4 is 15.4 Å². The van der Waals surface area contributed by atoms with Gasteiger partial charge in [0.05, 0.1) is 13.7 Å². The summed E-state index contributed by atoms with van der Waals surface area (Å²) >= 11 is 0. The molecule has 2 aromatic rings. The largest absolute Gasteiger partial charge is 0.497 e. The quantitative estimate of drug-likeness (QED) is 0.717. The van der Waals surface area contributed by atoms with Crippen molar-refractivity contribution < 1.29 is 19.1 Å². The Morgan fingerprint density at radius 1 is 1.10 bits per heavy atom. The Hall–Kier alpha value is -3.35. The van der Waals surface area contributed by atoms with Crippen molar-refractivity contribution in [3.8, 4) is 5.75 Å². The van der Waals surface area contributed by atoms with Crippen molar-refractivity contribution in [2.45, 2.75) is 26.8 Å². The molecule has 2 aromatic carbocycles. The van der Waals surface area contributed by atoms with Gasteiger partial charge in [0, 0.05) is 23.9 Å². The zero-order chi connectivity index (χ0) is 21.4. The van der Waals surface area contributed by atoms with Gasteiger partial charge in [-0.3, -0.25) is 14.4 Å². The van der Waals surface area contributed by atoms with Gasteiger partial charge < -0.3 is 20.3 Å². The molecule has 3 amide bonds.